The Morgan fingerprint density at radius 2 is 2.15 bits per heavy atom. The Hall–Kier alpha value is -1.72. The molecule has 0 amide bonds. The Morgan fingerprint density at radius 1 is 1.30 bits per heavy atom. The van der Waals surface area contributed by atoms with Crippen LogP contribution < -0.4 is 5.32 Å². The number of nitrogens with one attached hydrogen (secondary N) is 1. The number of thiophene rings is 1. The summed E-state index contributed by atoms with van der Waals surface area (Å²) in [6.07, 6.45) is 1.50. The van der Waals surface area contributed by atoms with Crippen LogP contribution >= 0.6 is 22.9 Å². The van der Waals surface area contributed by atoms with Crippen molar-refractivity contribution in [1.29, 1.82) is 0 Å². The Bertz CT molecular complexity index is 739. The van der Waals surface area contributed by atoms with Gasteiger partial charge in [-0.05, 0) is 30.5 Å². The van der Waals surface area contributed by atoms with Gasteiger partial charge in [-0.25, -0.2) is 14.4 Å². The number of rotatable bonds is 3. The molecule has 0 aliphatic carbocycles. The highest BCUT2D eigenvalue weighted by Gasteiger charge is 2.16. The Labute approximate surface area is 124 Å². The van der Waals surface area contributed by atoms with Gasteiger partial charge in [-0.3, -0.25) is 0 Å². The molecule has 0 fully saturated rings. The molecule has 2 heterocycles. The fourth-order valence-electron chi connectivity index (χ4n) is 2.11. The van der Waals surface area contributed by atoms with E-state index in [1.807, 2.05) is 18.4 Å². The predicted molar refractivity (Wildman–Crippen MR) is 80.9 cm³/mol. The van der Waals surface area contributed by atoms with Crippen molar-refractivity contribution in [2.45, 2.75) is 13.0 Å². The Balaban J connectivity index is 1.97. The van der Waals surface area contributed by atoms with Crippen molar-refractivity contribution in [3.63, 3.8) is 0 Å². The van der Waals surface area contributed by atoms with Gasteiger partial charge in [-0.1, -0.05) is 17.7 Å². The van der Waals surface area contributed by atoms with Gasteiger partial charge >= 0.3 is 0 Å². The minimum atomic E-state index is -0.326. The highest BCUT2D eigenvalue weighted by atomic mass is 35.5. The molecule has 0 radical (unpaired) electrons. The van der Waals surface area contributed by atoms with E-state index in [9.17, 15) is 4.39 Å². The molecule has 102 valence electrons. The number of halogens is 2. The SMILES string of the molecule is CC(Nc1ncnc2sccc12)c1c(F)cccc1Cl. The van der Waals surface area contributed by atoms with E-state index < -0.39 is 0 Å². The van der Waals surface area contributed by atoms with Crippen LogP contribution in [0.15, 0.2) is 36.0 Å². The smallest absolute Gasteiger partial charge is 0.138 e. The standard InChI is InChI=1S/C14H11ClFN3S/c1-8(12-10(15)3-2-4-11(12)16)19-13-9-5-6-20-14(9)18-7-17-13/h2-8H,1H3,(H,17,18,19). The van der Waals surface area contributed by atoms with E-state index in [-0.39, 0.29) is 11.9 Å². The summed E-state index contributed by atoms with van der Waals surface area (Å²) in [6, 6.07) is 6.33. The molecule has 0 saturated heterocycles. The summed E-state index contributed by atoms with van der Waals surface area (Å²) in [5.74, 6) is 0.358. The summed E-state index contributed by atoms with van der Waals surface area (Å²) in [5.41, 5.74) is 0.441. The highest BCUT2D eigenvalue weighted by Crippen LogP contribution is 2.30. The number of hydrogen-bond donors (Lipinski definition) is 1. The van der Waals surface area contributed by atoms with E-state index in [2.05, 4.69) is 15.3 Å². The molecule has 6 heteroatoms. The normalized spacial score (nSPS) is 12.6. The van der Waals surface area contributed by atoms with Crippen molar-refractivity contribution in [2.75, 3.05) is 5.32 Å². The average molecular weight is 308 g/mol. The molecular weight excluding hydrogens is 297 g/mol. The molecule has 1 aromatic carbocycles. The third-order valence-electron chi connectivity index (χ3n) is 3.05. The molecule has 3 nitrogen and oxygen atoms in total. The van der Waals surface area contributed by atoms with Gasteiger partial charge < -0.3 is 5.32 Å². The first kappa shape index (κ1) is 13.3. The molecule has 1 unspecified atom stereocenters. The summed E-state index contributed by atoms with van der Waals surface area (Å²) in [4.78, 5) is 9.30. The molecule has 0 aliphatic rings. The lowest BCUT2D eigenvalue weighted by atomic mass is 10.1. The van der Waals surface area contributed by atoms with Crippen molar-refractivity contribution in [3.05, 3.63) is 52.4 Å². The molecule has 1 N–H and O–H groups in total. The minimum absolute atomic E-state index is 0.290. The zero-order valence-corrected chi connectivity index (χ0v) is 12.2. The summed E-state index contributed by atoms with van der Waals surface area (Å²) in [5, 5.41) is 6.48. The van der Waals surface area contributed by atoms with Crippen LogP contribution in [-0.4, -0.2) is 9.97 Å². The summed E-state index contributed by atoms with van der Waals surface area (Å²) >= 11 is 7.62. The zero-order valence-electron chi connectivity index (χ0n) is 10.6. The zero-order chi connectivity index (χ0) is 14.1. The van der Waals surface area contributed by atoms with Crippen molar-refractivity contribution in [2.24, 2.45) is 0 Å². The molecule has 1 atom stereocenters. The second-order valence-corrected chi connectivity index (χ2v) is 5.66. The van der Waals surface area contributed by atoms with Gasteiger partial charge in [0.25, 0.3) is 0 Å². The fraction of sp³-hybridized carbons (Fsp3) is 0.143. The van der Waals surface area contributed by atoms with Gasteiger partial charge in [0, 0.05) is 10.6 Å². The quantitative estimate of drug-likeness (QED) is 0.765. The van der Waals surface area contributed by atoms with Crippen molar-refractivity contribution in [1.82, 2.24) is 9.97 Å². The van der Waals surface area contributed by atoms with E-state index in [0.717, 1.165) is 10.2 Å². The number of hydrogen-bond acceptors (Lipinski definition) is 4. The van der Waals surface area contributed by atoms with Gasteiger partial charge in [0.1, 0.15) is 22.8 Å². The van der Waals surface area contributed by atoms with Crippen LogP contribution in [0.1, 0.15) is 18.5 Å². The molecule has 0 bridgehead atoms. The van der Waals surface area contributed by atoms with E-state index in [1.165, 1.54) is 23.7 Å². The monoisotopic (exact) mass is 307 g/mol. The summed E-state index contributed by atoms with van der Waals surface area (Å²) < 4.78 is 13.9. The number of benzene rings is 1. The maximum absolute atomic E-state index is 13.9. The lowest BCUT2D eigenvalue weighted by Crippen LogP contribution is -2.10. The van der Waals surface area contributed by atoms with Crippen LogP contribution in [0, 0.1) is 5.82 Å². The number of nitrogens with zero attached hydrogens (tertiary/aromatic N) is 2. The Kier molecular flexibility index (Phi) is 3.54. The molecule has 0 aliphatic heterocycles. The molecule has 3 rings (SSSR count). The van der Waals surface area contributed by atoms with Crippen LogP contribution in [0.3, 0.4) is 0 Å². The minimum Gasteiger partial charge on any atom is -0.363 e. The average Bonchev–Trinajstić information content (AvgIpc) is 2.88. The summed E-state index contributed by atoms with van der Waals surface area (Å²) in [6.45, 7) is 1.85. The summed E-state index contributed by atoms with van der Waals surface area (Å²) in [7, 11) is 0. The molecule has 20 heavy (non-hydrogen) atoms. The van der Waals surface area contributed by atoms with Crippen molar-refractivity contribution >= 4 is 39.0 Å². The number of aromatic nitrogens is 2. The second-order valence-electron chi connectivity index (χ2n) is 4.36. The maximum atomic E-state index is 13.9. The van der Waals surface area contributed by atoms with Crippen LogP contribution in [0.4, 0.5) is 10.2 Å². The van der Waals surface area contributed by atoms with Crippen LogP contribution in [0.2, 0.25) is 5.02 Å². The first-order valence-electron chi connectivity index (χ1n) is 6.05. The van der Waals surface area contributed by atoms with Gasteiger partial charge in [-0.2, -0.15) is 0 Å². The number of anilines is 1. The van der Waals surface area contributed by atoms with E-state index in [0.29, 0.717) is 16.4 Å². The molecular formula is C14H11ClFN3S. The first-order valence-corrected chi connectivity index (χ1v) is 7.31. The number of fused-ring (bicyclic) bond motifs is 1. The maximum Gasteiger partial charge on any atom is 0.138 e. The van der Waals surface area contributed by atoms with Gasteiger partial charge in [0.2, 0.25) is 0 Å². The van der Waals surface area contributed by atoms with Crippen LogP contribution in [0.5, 0.6) is 0 Å². The van der Waals surface area contributed by atoms with Crippen LogP contribution in [-0.2, 0) is 0 Å². The van der Waals surface area contributed by atoms with E-state index in [1.54, 1.807) is 12.1 Å². The topological polar surface area (TPSA) is 37.8 Å². The van der Waals surface area contributed by atoms with Crippen molar-refractivity contribution in [3.8, 4) is 0 Å². The van der Waals surface area contributed by atoms with Gasteiger partial charge in [0.05, 0.1) is 11.4 Å². The van der Waals surface area contributed by atoms with E-state index in [4.69, 9.17) is 11.6 Å². The van der Waals surface area contributed by atoms with E-state index >= 15 is 0 Å². The third-order valence-corrected chi connectivity index (χ3v) is 4.20. The first-order chi connectivity index (χ1) is 9.66. The Morgan fingerprint density at radius 3 is 2.95 bits per heavy atom. The molecule has 2 aromatic heterocycles. The molecule has 3 aromatic rings. The van der Waals surface area contributed by atoms with Crippen molar-refractivity contribution < 1.29 is 4.39 Å². The largest absolute Gasteiger partial charge is 0.363 e. The second kappa shape index (κ2) is 5.34. The molecule has 0 saturated carbocycles. The highest BCUT2D eigenvalue weighted by molar-refractivity contribution is 7.16. The third kappa shape index (κ3) is 2.34. The predicted octanol–water partition coefficient (Wildman–Crippen LogP) is 4.66. The molecule has 0 spiro atoms. The van der Waals surface area contributed by atoms with Crippen LogP contribution in [0.25, 0.3) is 10.2 Å². The van der Waals surface area contributed by atoms with Gasteiger partial charge in [0.15, 0.2) is 0 Å². The fourth-order valence-corrected chi connectivity index (χ4v) is 3.17. The lowest BCUT2D eigenvalue weighted by molar-refractivity contribution is 0.600. The van der Waals surface area contributed by atoms with Gasteiger partial charge in [-0.15, -0.1) is 11.3 Å². The lowest BCUT2D eigenvalue weighted by Gasteiger charge is -2.17.